The standard InChI is InChI=1S/C20H21N3O2/c1-13-7-8-17(14(2)9-13)23-20(25)12-22-19(24)10-15-11-21-18-6-4-3-5-16(15)18/h3-9,11,21H,10,12H2,1-2H3,(H,22,24)(H,23,25). The maximum Gasteiger partial charge on any atom is 0.243 e. The first-order chi connectivity index (χ1) is 12.0. The fourth-order valence-electron chi connectivity index (χ4n) is 2.84. The molecule has 5 nitrogen and oxygen atoms in total. The summed E-state index contributed by atoms with van der Waals surface area (Å²) in [5, 5.41) is 6.52. The smallest absolute Gasteiger partial charge is 0.243 e. The number of rotatable bonds is 5. The first-order valence-corrected chi connectivity index (χ1v) is 8.22. The highest BCUT2D eigenvalue weighted by atomic mass is 16.2. The highest BCUT2D eigenvalue weighted by Crippen LogP contribution is 2.18. The summed E-state index contributed by atoms with van der Waals surface area (Å²) in [5.41, 5.74) is 4.82. The number of anilines is 1. The molecule has 1 heterocycles. The van der Waals surface area contributed by atoms with Gasteiger partial charge in [0.05, 0.1) is 13.0 Å². The number of carbonyl (C=O) groups excluding carboxylic acids is 2. The summed E-state index contributed by atoms with van der Waals surface area (Å²) in [6.45, 7) is 3.90. The Bertz CT molecular complexity index is 928. The number of aryl methyl sites for hydroxylation is 2. The molecule has 0 atom stereocenters. The Morgan fingerprint density at radius 2 is 1.84 bits per heavy atom. The number of nitrogens with one attached hydrogen (secondary N) is 3. The quantitative estimate of drug-likeness (QED) is 0.670. The van der Waals surface area contributed by atoms with Gasteiger partial charge in [0.2, 0.25) is 11.8 Å². The summed E-state index contributed by atoms with van der Waals surface area (Å²) in [7, 11) is 0. The Kier molecular flexibility index (Phi) is 4.84. The Morgan fingerprint density at radius 1 is 1.04 bits per heavy atom. The number of benzene rings is 2. The molecule has 1 aromatic heterocycles. The highest BCUT2D eigenvalue weighted by Gasteiger charge is 2.10. The maximum atomic E-state index is 12.1. The summed E-state index contributed by atoms with van der Waals surface area (Å²) in [4.78, 5) is 27.3. The van der Waals surface area contributed by atoms with Crippen LogP contribution in [-0.2, 0) is 16.0 Å². The molecule has 0 aliphatic rings. The van der Waals surface area contributed by atoms with Crippen LogP contribution in [0, 0.1) is 13.8 Å². The number of hydrogen-bond acceptors (Lipinski definition) is 2. The lowest BCUT2D eigenvalue weighted by Crippen LogP contribution is -2.33. The van der Waals surface area contributed by atoms with E-state index in [1.807, 2.05) is 62.5 Å². The van der Waals surface area contributed by atoms with Crippen molar-refractivity contribution in [3.8, 4) is 0 Å². The molecule has 3 aromatic rings. The molecule has 3 N–H and O–H groups in total. The SMILES string of the molecule is Cc1ccc(NC(=O)CNC(=O)Cc2c[nH]c3ccccc23)c(C)c1. The normalized spacial score (nSPS) is 10.6. The van der Waals surface area contributed by atoms with Gasteiger partial charge in [-0.15, -0.1) is 0 Å². The minimum atomic E-state index is -0.237. The van der Waals surface area contributed by atoms with Crippen molar-refractivity contribution in [2.75, 3.05) is 11.9 Å². The van der Waals surface area contributed by atoms with E-state index in [-0.39, 0.29) is 24.8 Å². The van der Waals surface area contributed by atoms with Crippen molar-refractivity contribution >= 4 is 28.4 Å². The van der Waals surface area contributed by atoms with Gasteiger partial charge < -0.3 is 15.6 Å². The van der Waals surface area contributed by atoms with E-state index in [4.69, 9.17) is 0 Å². The van der Waals surface area contributed by atoms with Crippen LogP contribution in [0.1, 0.15) is 16.7 Å². The molecule has 0 saturated carbocycles. The minimum absolute atomic E-state index is 0.0471. The Hall–Kier alpha value is -3.08. The van der Waals surface area contributed by atoms with Gasteiger partial charge in [0.15, 0.2) is 0 Å². The predicted octanol–water partition coefficient (Wildman–Crippen LogP) is 3.08. The van der Waals surface area contributed by atoms with Gasteiger partial charge in [-0.1, -0.05) is 35.9 Å². The van der Waals surface area contributed by atoms with Gasteiger partial charge in [0.25, 0.3) is 0 Å². The van der Waals surface area contributed by atoms with Gasteiger partial charge in [-0.3, -0.25) is 9.59 Å². The van der Waals surface area contributed by atoms with Gasteiger partial charge in [-0.2, -0.15) is 0 Å². The lowest BCUT2D eigenvalue weighted by molar-refractivity contribution is -0.123. The second-order valence-electron chi connectivity index (χ2n) is 6.18. The molecule has 5 heteroatoms. The molecule has 0 spiro atoms. The van der Waals surface area contributed by atoms with E-state index in [2.05, 4.69) is 15.6 Å². The Balaban J connectivity index is 1.54. The van der Waals surface area contributed by atoms with Crippen LogP contribution in [0.3, 0.4) is 0 Å². The molecular weight excluding hydrogens is 314 g/mol. The first kappa shape index (κ1) is 16.8. The fraction of sp³-hybridized carbons (Fsp3) is 0.200. The lowest BCUT2D eigenvalue weighted by Gasteiger charge is -2.10. The maximum absolute atomic E-state index is 12.1. The van der Waals surface area contributed by atoms with Crippen molar-refractivity contribution in [2.24, 2.45) is 0 Å². The fourth-order valence-corrected chi connectivity index (χ4v) is 2.84. The van der Waals surface area contributed by atoms with E-state index in [1.54, 1.807) is 0 Å². The zero-order chi connectivity index (χ0) is 17.8. The average Bonchev–Trinajstić information content (AvgIpc) is 2.99. The molecule has 0 radical (unpaired) electrons. The molecule has 0 aliphatic heterocycles. The van der Waals surface area contributed by atoms with E-state index in [0.717, 1.165) is 33.3 Å². The zero-order valence-corrected chi connectivity index (χ0v) is 14.3. The molecule has 2 amide bonds. The molecule has 25 heavy (non-hydrogen) atoms. The molecular formula is C20H21N3O2. The summed E-state index contributed by atoms with van der Waals surface area (Å²) in [5.74, 6) is -0.417. The summed E-state index contributed by atoms with van der Waals surface area (Å²) < 4.78 is 0. The highest BCUT2D eigenvalue weighted by molar-refractivity contribution is 5.96. The molecule has 3 rings (SSSR count). The van der Waals surface area contributed by atoms with Crippen LogP contribution in [-0.4, -0.2) is 23.3 Å². The van der Waals surface area contributed by atoms with Gasteiger partial charge in [0.1, 0.15) is 0 Å². The van der Waals surface area contributed by atoms with Gasteiger partial charge in [-0.05, 0) is 37.1 Å². The van der Waals surface area contributed by atoms with Gasteiger partial charge in [0, 0.05) is 22.8 Å². The van der Waals surface area contributed by atoms with Crippen LogP contribution in [0.25, 0.3) is 10.9 Å². The average molecular weight is 335 g/mol. The number of hydrogen-bond donors (Lipinski definition) is 3. The minimum Gasteiger partial charge on any atom is -0.361 e. The molecule has 0 fully saturated rings. The van der Waals surface area contributed by atoms with Crippen molar-refractivity contribution in [1.29, 1.82) is 0 Å². The van der Waals surface area contributed by atoms with E-state index in [1.165, 1.54) is 0 Å². The number of aromatic nitrogens is 1. The van der Waals surface area contributed by atoms with Crippen molar-refractivity contribution in [3.05, 3.63) is 65.4 Å². The zero-order valence-electron chi connectivity index (χ0n) is 14.3. The Morgan fingerprint density at radius 3 is 2.64 bits per heavy atom. The van der Waals surface area contributed by atoms with E-state index >= 15 is 0 Å². The van der Waals surface area contributed by atoms with Crippen molar-refractivity contribution in [2.45, 2.75) is 20.3 Å². The number of fused-ring (bicyclic) bond motifs is 1. The molecule has 0 aliphatic carbocycles. The molecule has 0 saturated heterocycles. The Labute approximate surface area is 146 Å². The van der Waals surface area contributed by atoms with Crippen molar-refractivity contribution < 1.29 is 9.59 Å². The first-order valence-electron chi connectivity index (χ1n) is 8.22. The van der Waals surface area contributed by atoms with Crippen LogP contribution in [0.2, 0.25) is 0 Å². The van der Waals surface area contributed by atoms with E-state index in [9.17, 15) is 9.59 Å². The van der Waals surface area contributed by atoms with Crippen LogP contribution in [0.15, 0.2) is 48.7 Å². The number of aromatic amines is 1. The number of para-hydroxylation sites is 1. The third-order valence-corrected chi connectivity index (χ3v) is 4.13. The van der Waals surface area contributed by atoms with Crippen molar-refractivity contribution in [1.82, 2.24) is 10.3 Å². The largest absolute Gasteiger partial charge is 0.361 e. The molecule has 128 valence electrons. The summed E-state index contributed by atoms with van der Waals surface area (Å²) >= 11 is 0. The van der Waals surface area contributed by atoms with Gasteiger partial charge in [-0.25, -0.2) is 0 Å². The van der Waals surface area contributed by atoms with Crippen LogP contribution < -0.4 is 10.6 Å². The third-order valence-electron chi connectivity index (χ3n) is 4.13. The van der Waals surface area contributed by atoms with Gasteiger partial charge >= 0.3 is 0 Å². The number of amides is 2. The molecule has 0 unspecified atom stereocenters. The summed E-state index contributed by atoms with van der Waals surface area (Å²) in [6, 6.07) is 13.6. The van der Waals surface area contributed by atoms with Crippen LogP contribution >= 0.6 is 0 Å². The number of H-pyrrole nitrogens is 1. The second kappa shape index (κ2) is 7.21. The van der Waals surface area contributed by atoms with Crippen LogP contribution in [0.4, 0.5) is 5.69 Å². The molecule has 2 aromatic carbocycles. The lowest BCUT2D eigenvalue weighted by atomic mass is 10.1. The topological polar surface area (TPSA) is 74.0 Å². The molecule has 0 bridgehead atoms. The van der Waals surface area contributed by atoms with E-state index < -0.39 is 0 Å². The monoisotopic (exact) mass is 335 g/mol. The third kappa shape index (κ3) is 4.07. The number of carbonyl (C=O) groups is 2. The van der Waals surface area contributed by atoms with E-state index in [0.29, 0.717) is 0 Å². The summed E-state index contributed by atoms with van der Waals surface area (Å²) in [6.07, 6.45) is 2.07. The van der Waals surface area contributed by atoms with Crippen LogP contribution in [0.5, 0.6) is 0 Å². The second-order valence-corrected chi connectivity index (χ2v) is 6.18. The van der Waals surface area contributed by atoms with Crippen molar-refractivity contribution in [3.63, 3.8) is 0 Å². The predicted molar refractivity (Wildman–Crippen MR) is 99.6 cm³/mol.